The topological polar surface area (TPSA) is 32.3 Å². The van der Waals surface area contributed by atoms with Gasteiger partial charge in [0.2, 0.25) is 0 Å². The first-order valence-electron chi connectivity index (χ1n) is 6.27. The molecule has 3 heteroatoms. The average Bonchev–Trinajstić information content (AvgIpc) is 2.83. The number of fused-ring (bicyclic) bond motifs is 1. The number of rotatable bonds is 3. The maximum absolute atomic E-state index is 12.3. The molecule has 0 saturated carbocycles. The molecule has 0 aromatic heterocycles. The predicted octanol–water partition coefficient (Wildman–Crippen LogP) is 2.53. The summed E-state index contributed by atoms with van der Waals surface area (Å²) in [4.78, 5) is 14.1. The minimum absolute atomic E-state index is 0.119. The Bertz CT molecular complexity index is 428. The predicted molar refractivity (Wildman–Crippen MR) is 70.5 cm³/mol. The van der Waals surface area contributed by atoms with Crippen LogP contribution in [0.25, 0.3) is 0 Å². The van der Waals surface area contributed by atoms with Crippen molar-refractivity contribution in [2.75, 3.05) is 18.9 Å². The van der Waals surface area contributed by atoms with Gasteiger partial charge in [-0.15, -0.1) is 0 Å². The Morgan fingerprint density at radius 2 is 2.29 bits per heavy atom. The maximum atomic E-state index is 12.3. The minimum atomic E-state index is 0.119. The van der Waals surface area contributed by atoms with Crippen molar-refractivity contribution in [3.8, 4) is 0 Å². The number of hydrogen-bond acceptors (Lipinski definition) is 2. The zero-order valence-electron chi connectivity index (χ0n) is 10.8. The summed E-state index contributed by atoms with van der Waals surface area (Å²) in [7, 11) is 1.88. The van der Waals surface area contributed by atoms with Crippen molar-refractivity contribution < 1.29 is 4.79 Å². The molecule has 1 aromatic carbocycles. The van der Waals surface area contributed by atoms with E-state index in [0.717, 1.165) is 24.9 Å². The number of carbonyl (C=O) groups excluding carboxylic acids is 1. The van der Waals surface area contributed by atoms with E-state index < -0.39 is 0 Å². The molecular weight excluding hydrogens is 212 g/mol. The van der Waals surface area contributed by atoms with Gasteiger partial charge in [-0.1, -0.05) is 6.92 Å². The lowest BCUT2D eigenvalue weighted by molar-refractivity contribution is 0.0740. The van der Waals surface area contributed by atoms with Crippen molar-refractivity contribution in [3.05, 3.63) is 29.3 Å². The fraction of sp³-hybridized carbons (Fsp3) is 0.500. The van der Waals surface area contributed by atoms with Crippen LogP contribution in [-0.2, 0) is 6.42 Å². The fourth-order valence-corrected chi connectivity index (χ4v) is 2.12. The Balaban J connectivity index is 2.20. The van der Waals surface area contributed by atoms with Crippen LogP contribution in [-0.4, -0.2) is 30.4 Å². The SMILES string of the molecule is CC[C@@H](C)N(C)C(=O)c1ccc2c(c1)CCN2. The first-order valence-corrected chi connectivity index (χ1v) is 6.27. The maximum Gasteiger partial charge on any atom is 0.253 e. The Kier molecular flexibility index (Phi) is 3.36. The molecule has 92 valence electrons. The molecule has 2 rings (SSSR count). The molecule has 1 atom stereocenters. The molecule has 0 aliphatic carbocycles. The average molecular weight is 232 g/mol. The number of nitrogens with zero attached hydrogens (tertiary/aromatic N) is 1. The Morgan fingerprint density at radius 1 is 1.53 bits per heavy atom. The number of anilines is 1. The van der Waals surface area contributed by atoms with Crippen LogP contribution in [0.1, 0.15) is 36.2 Å². The van der Waals surface area contributed by atoms with Gasteiger partial charge >= 0.3 is 0 Å². The second kappa shape index (κ2) is 4.78. The highest BCUT2D eigenvalue weighted by Gasteiger charge is 2.18. The van der Waals surface area contributed by atoms with Gasteiger partial charge in [0.25, 0.3) is 5.91 Å². The number of amides is 1. The molecule has 1 aliphatic heterocycles. The zero-order valence-corrected chi connectivity index (χ0v) is 10.8. The van der Waals surface area contributed by atoms with Crippen molar-refractivity contribution in [2.45, 2.75) is 32.7 Å². The Labute approximate surface area is 103 Å². The summed E-state index contributed by atoms with van der Waals surface area (Å²) < 4.78 is 0. The Hall–Kier alpha value is -1.51. The molecule has 17 heavy (non-hydrogen) atoms. The summed E-state index contributed by atoms with van der Waals surface area (Å²) in [6.45, 7) is 5.15. The zero-order chi connectivity index (χ0) is 12.4. The number of hydrogen-bond donors (Lipinski definition) is 1. The molecule has 1 N–H and O–H groups in total. The van der Waals surface area contributed by atoms with Gasteiger partial charge in [0.15, 0.2) is 0 Å². The molecule has 1 heterocycles. The van der Waals surface area contributed by atoms with Gasteiger partial charge in [-0.3, -0.25) is 4.79 Å². The summed E-state index contributed by atoms with van der Waals surface area (Å²) in [5, 5.41) is 3.30. The highest BCUT2D eigenvalue weighted by atomic mass is 16.2. The van der Waals surface area contributed by atoms with E-state index in [2.05, 4.69) is 19.2 Å². The number of carbonyl (C=O) groups is 1. The molecule has 0 unspecified atom stereocenters. The van der Waals surface area contributed by atoms with E-state index in [1.807, 2.05) is 30.1 Å². The van der Waals surface area contributed by atoms with Crippen molar-refractivity contribution in [1.82, 2.24) is 4.90 Å². The van der Waals surface area contributed by atoms with E-state index in [0.29, 0.717) is 0 Å². The van der Waals surface area contributed by atoms with Crippen LogP contribution in [0, 0.1) is 0 Å². The number of benzene rings is 1. The lowest BCUT2D eigenvalue weighted by Crippen LogP contribution is -2.34. The van der Waals surface area contributed by atoms with E-state index in [-0.39, 0.29) is 11.9 Å². The van der Waals surface area contributed by atoms with Crippen LogP contribution in [0.5, 0.6) is 0 Å². The normalized spacial score (nSPS) is 15.0. The van der Waals surface area contributed by atoms with Gasteiger partial charge in [0.05, 0.1) is 0 Å². The molecule has 1 amide bonds. The minimum Gasteiger partial charge on any atom is -0.384 e. The van der Waals surface area contributed by atoms with E-state index >= 15 is 0 Å². The summed E-state index contributed by atoms with van der Waals surface area (Å²) in [6, 6.07) is 6.24. The van der Waals surface area contributed by atoms with Crippen LogP contribution in [0.3, 0.4) is 0 Å². The van der Waals surface area contributed by atoms with Gasteiger partial charge < -0.3 is 10.2 Å². The first kappa shape index (κ1) is 12.0. The summed E-state index contributed by atoms with van der Waals surface area (Å²) in [6.07, 6.45) is 2.00. The standard InChI is InChI=1S/C14H20N2O/c1-4-10(2)16(3)14(17)12-5-6-13-11(9-12)7-8-15-13/h5-6,9-10,15H,4,7-8H2,1-3H3/t10-/m1/s1. The second-order valence-electron chi connectivity index (χ2n) is 4.72. The molecule has 0 radical (unpaired) electrons. The molecule has 1 aromatic rings. The van der Waals surface area contributed by atoms with Crippen molar-refractivity contribution in [2.24, 2.45) is 0 Å². The van der Waals surface area contributed by atoms with Gasteiger partial charge in [0.1, 0.15) is 0 Å². The van der Waals surface area contributed by atoms with Crippen LogP contribution in [0.15, 0.2) is 18.2 Å². The molecule has 0 fully saturated rings. The van der Waals surface area contributed by atoms with Gasteiger partial charge in [-0.2, -0.15) is 0 Å². The smallest absolute Gasteiger partial charge is 0.253 e. The number of nitrogens with one attached hydrogen (secondary N) is 1. The van der Waals surface area contributed by atoms with Crippen LogP contribution >= 0.6 is 0 Å². The quantitative estimate of drug-likeness (QED) is 0.868. The molecule has 3 nitrogen and oxygen atoms in total. The lowest BCUT2D eigenvalue weighted by atomic mass is 10.1. The summed E-state index contributed by atoms with van der Waals surface area (Å²) in [5.74, 6) is 0.119. The van der Waals surface area contributed by atoms with Crippen molar-refractivity contribution in [3.63, 3.8) is 0 Å². The van der Waals surface area contributed by atoms with Gasteiger partial charge in [0, 0.05) is 30.9 Å². The fourth-order valence-electron chi connectivity index (χ4n) is 2.12. The van der Waals surface area contributed by atoms with E-state index in [4.69, 9.17) is 0 Å². The third-order valence-electron chi connectivity index (χ3n) is 3.63. The van der Waals surface area contributed by atoms with Crippen LogP contribution in [0.2, 0.25) is 0 Å². The van der Waals surface area contributed by atoms with E-state index in [1.165, 1.54) is 11.3 Å². The molecule has 0 saturated heterocycles. The van der Waals surface area contributed by atoms with E-state index in [9.17, 15) is 4.79 Å². The van der Waals surface area contributed by atoms with Crippen molar-refractivity contribution in [1.29, 1.82) is 0 Å². The third-order valence-corrected chi connectivity index (χ3v) is 3.63. The van der Waals surface area contributed by atoms with Gasteiger partial charge in [-0.05, 0) is 43.5 Å². The molecular formula is C14H20N2O. The second-order valence-corrected chi connectivity index (χ2v) is 4.72. The summed E-state index contributed by atoms with van der Waals surface area (Å²) in [5.41, 5.74) is 3.23. The first-order chi connectivity index (χ1) is 8.13. The van der Waals surface area contributed by atoms with Gasteiger partial charge in [-0.25, -0.2) is 0 Å². The molecule has 0 bridgehead atoms. The summed E-state index contributed by atoms with van der Waals surface area (Å²) >= 11 is 0. The lowest BCUT2D eigenvalue weighted by Gasteiger charge is -2.24. The van der Waals surface area contributed by atoms with Crippen molar-refractivity contribution >= 4 is 11.6 Å². The van der Waals surface area contributed by atoms with E-state index in [1.54, 1.807) is 0 Å². The van der Waals surface area contributed by atoms with Crippen LogP contribution < -0.4 is 5.32 Å². The Morgan fingerprint density at radius 3 is 3.00 bits per heavy atom. The largest absolute Gasteiger partial charge is 0.384 e. The third kappa shape index (κ3) is 2.28. The molecule has 0 spiro atoms. The van der Waals surface area contributed by atoms with Crippen LogP contribution in [0.4, 0.5) is 5.69 Å². The monoisotopic (exact) mass is 232 g/mol. The highest BCUT2D eigenvalue weighted by molar-refractivity contribution is 5.95. The molecule has 1 aliphatic rings. The highest BCUT2D eigenvalue weighted by Crippen LogP contribution is 2.23.